The lowest BCUT2D eigenvalue weighted by Gasteiger charge is -2.08. The number of unbranched alkanes of at least 4 members (excludes halogenated alkanes) is 1. The van der Waals surface area contributed by atoms with Crippen LogP contribution in [0.3, 0.4) is 0 Å². The van der Waals surface area contributed by atoms with Crippen molar-refractivity contribution in [2.75, 3.05) is 13.7 Å². The largest absolute Gasteiger partial charge is 0.475 e. The Labute approximate surface area is 99.0 Å². The Morgan fingerprint density at radius 1 is 1.41 bits per heavy atom. The minimum atomic E-state index is -0.714. The lowest BCUT2D eigenvalue weighted by molar-refractivity contribution is 0.0584. The number of esters is 1. The summed E-state index contributed by atoms with van der Waals surface area (Å²) in [5.41, 5.74) is 0.0619. The Hall–Kier alpha value is -1.72. The number of halogens is 1. The van der Waals surface area contributed by atoms with Gasteiger partial charge in [-0.1, -0.05) is 13.3 Å². The Morgan fingerprint density at radius 3 is 2.71 bits per heavy atom. The van der Waals surface area contributed by atoms with Crippen LogP contribution in [0.25, 0.3) is 0 Å². The fraction of sp³-hybridized carbons (Fsp3) is 0.545. The summed E-state index contributed by atoms with van der Waals surface area (Å²) in [7, 11) is 1.21. The molecular formula is C11H15FN2O3. The Morgan fingerprint density at radius 2 is 2.12 bits per heavy atom. The highest BCUT2D eigenvalue weighted by Gasteiger charge is 2.17. The number of carbonyl (C=O) groups is 1. The molecule has 0 fully saturated rings. The van der Waals surface area contributed by atoms with Crippen LogP contribution in [0.2, 0.25) is 0 Å². The van der Waals surface area contributed by atoms with Gasteiger partial charge in [-0.3, -0.25) is 0 Å². The smallest absolute Gasteiger partial charge is 0.376 e. The third kappa shape index (κ3) is 3.37. The van der Waals surface area contributed by atoms with E-state index in [0.717, 1.165) is 12.8 Å². The Kier molecular flexibility index (Phi) is 4.81. The second kappa shape index (κ2) is 6.12. The summed E-state index contributed by atoms with van der Waals surface area (Å²) in [5, 5.41) is 0. The van der Waals surface area contributed by atoms with Gasteiger partial charge in [0, 0.05) is 0 Å². The fourth-order valence-corrected chi connectivity index (χ4v) is 1.12. The number of methoxy groups -OCH3 is 1. The number of aromatic nitrogens is 2. The Balaban J connectivity index is 2.94. The van der Waals surface area contributed by atoms with Gasteiger partial charge in [0.1, 0.15) is 0 Å². The van der Waals surface area contributed by atoms with E-state index in [1.54, 1.807) is 0 Å². The van der Waals surface area contributed by atoms with Crippen molar-refractivity contribution in [3.8, 4) is 5.88 Å². The van der Waals surface area contributed by atoms with Gasteiger partial charge in [-0.15, -0.1) is 0 Å². The predicted octanol–water partition coefficient (Wildman–Crippen LogP) is 1.89. The second-order valence-corrected chi connectivity index (χ2v) is 3.45. The Bertz CT molecular complexity index is 410. The molecule has 1 rings (SSSR count). The molecule has 1 aromatic heterocycles. The van der Waals surface area contributed by atoms with Gasteiger partial charge in [-0.05, 0) is 13.3 Å². The molecule has 1 heterocycles. The number of carbonyl (C=O) groups excluding carboxylic acids is 1. The summed E-state index contributed by atoms with van der Waals surface area (Å²) < 4.78 is 23.2. The normalized spacial score (nSPS) is 10.1. The molecule has 17 heavy (non-hydrogen) atoms. The molecule has 94 valence electrons. The molecule has 0 bridgehead atoms. The van der Waals surface area contributed by atoms with Crippen molar-refractivity contribution in [2.45, 2.75) is 26.7 Å². The quantitative estimate of drug-likeness (QED) is 0.583. The third-order valence-electron chi connectivity index (χ3n) is 2.09. The van der Waals surface area contributed by atoms with Gasteiger partial charge in [0.25, 0.3) is 5.88 Å². The van der Waals surface area contributed by atoms with Gasteiger partial charge in [-0.2, -0.15) is 9.37 Å². The summed E-state index contributed by atoms with van der Waals surface area (Å²) in [4.78, 5) is 18.6. The summed E-state index contributed by atoms with van der Waals surface area (Å²) in [5.74, 6) is -1.76. The SMILES string of the molecule is CCCCOc1nc(C(=O)OC)nc(C)c1F. The first kappa shape index (κ1) is 13.3. The van der Waals surface area contributed by atoms with E-state index in [1.165, 1.54) is 14.0 Å². The molecular weight excluding hydrogens is 227 g/mol. The van der Waals surface area contributed by atoms with E-state index < -0.39 is 11.8 Å². The van der Waals surface area contributed by atoms with Crippen LogP contribution >= 0.6 is 0 Å². The van der Waals surface area contributed by atoms with E-state index in [9.17, 15) is 9.18 Å². The molecule has 0 amide bonds. The topological polar surface area (TPSA) is 61.3 Å². The van der Waals surface area contributed by atoms with Crippen LogP contribution in [0.5, 0.6) is 5.88 Å². The van der Waals surface area contributed by atoms with Crippen LogP contribution < -0.4 is 4.74 Å². The van der Waals surface area contributed by atoms with Crippen molar-refractivity contribution in [1.29, 1.82) is 0 Å². The molecule has 0 atom stereocenters. The molecule has 0 spiro atoms. The maximum atomic E-state index is 13.6. The maximum absolute atomic E-state index is 13.6. The summed E-state index contributed by atoms with van der Waals surface area (Å²) >= 11 is 0. The first-order valence-electron chi connectivity index (χ1n) is 5.35. The minimum Gasteiger partial charge on any atom is -0.475 e. The van der Waals surface area contributed by atoms with Crippen molar-refractivity contribution in [3.05, 3.63) is 17.3 Å². The number of aryl methyl sites for hydroxylation is 1. The van der Waals surface area contributed by atoms with Gasteiger partial charge < -0.3 is 9.47 Å². The van der Waals surface area contributed by atoms with E-state index in [2.05, 4.69) is 14.7 Å². The number of rotatable bonds is 5. The second-order valence-electron chi connectivity index (χ2n) is 3.45. The molecule has 0 aliphatic rings. The van der Waals surface area contributed by atoms with Crippen molar-refractivity contribution in [3.63, 3.8) is 0 Å². The molecule has 0 unspecified atom stereocenters. The monoisotopic (exact) mass is 242 g/mol. The fourth-order valence-electron chi connectivity index (χ4n) is 1.12. The molecule has 5 nitrogen and oxygen atoms in total. The highest BCUT2D eigenvalue weighted by Crippen LogP contribution is 2.17. The van der Waals surface area contributed by atoms with E-state index >= 15 is 0 Å². The van der Waals surface area contributed by atoms with Gasteiger partial charge in [0.2, 0.25) is 11.6 Å². The molecule has 0 aromatic carbocycles. The molecule has 1 aromatic rings. The summed E-state index contributed by atoms with van der Waals surface area (Å²) in [6.07, 6.45) is 1.71. The minimum absolute atomic E-state index is 0.0619. The zero-order valence-electron chi connectivity index (χ0n) is 10.1. The highest BCUT2D eigenvalue weighted by molar-refractivity contribution is 5.85. The number of hydrogen-bond acceptors (Lipinski definition) is 5. The van der Waals surface area contributed by atoms with Gasteiger partial charge in [0.05, 0.1) is 19.4 Å². The lowest BCUT2D eigenvalue weighted by Crippen LogP contribution is -2.12. The zero-order valence-corrected chi connectivity index (χ0v) is 10.1. The van der Waals surface area contributed by atoms with Gasteiger partial charge in [-0.25, -0.2) is 9.78 Å². The molecule has 0 radical (unpaired) electrons. The molecule has 6 heteroatoms. The lowest BCUT2D eigenvalue weighted by atomic mass is 10.3. The molecule has 0 saturated carbocycles. The predicted molar refractivity (Wildman–Crippen MR) is 58.5 cm³/mol. The average molecular weight is 242 g/mol. The molecule has 0 N–H and O–H groups in total. The van der Waals surface area contributed by atoms with E-state index in [1.807, 2.05) is 6.92 Å². The van der Waals surface area contributed by atoms with Crippen LogP contribution in [0, 0.1) is 12.7 Å². The van der Waals surface area contributed by atoms with Crippen molar-refractivity contribution in [2.24, 2.45) is 0 Å². The van der Waals surface area contributed by atoms with E-state index in [0.29, 0.717) is 6.61 Å². The van der Waals surface area contributed by atoms with Crippen LogP contribution in [0.4, 0.5) is 4.39 Å². The van der Waals surface area contributed by atoms with E-state index in [4.69, 9.17) is 4.74 Å². The van der Waals surface area contributed by atoms with Crippen LogP contribution in [0.1, 0.15) is 36.1 Å². The summed E-state index contributed by atoms with van der Waals surface area (Å²) in [6.45, 7) is 3.78. The van der Waals surface area contributed by atoms with E-state index in [-0.39, 0.29) is 17.4 Å². The first-order valence-corrected chi connectivity index (χ1v) is 5.35. The molecule has 0 saturated heterocycles. The summed E-state index contributed by atoms with van der Waals surface area (Å²) in [6, 6.07) is 0. The first-order chi connectivity index (χ1) is 8.10. The number of nitrogens with zero attached hydrogens (tertiary/aromatic N) is 2. The van der Waals surface area contributed by atoms with Crippen molar-refractivity contribution < 1.29 is 18.7 Å². The number of hydrogen-bond donors (Lipinski definition) is 0. The van der Waals surface area contributed by atoms with Crippen LogP contribution in [-0.4, -0.2) is 29.7 Å². The third-order valence-corrected chi connectivity index (χ3v) is 2.09. The van der Waals surface area contributed by atoms with Gasteiger partial charge in [0.15, 0.2) is 0 Å². The van der Waals surface area contributed by atoms with Gasteiger partial charge >= 0.3 is 5.97 Å². The highest BCUT2D eigenvalue weighted by atomic mass is 19.1. The number of ether oxygens (including phenoxy) is 2. The maximum Gasteiger partial charge on any atom is 0.376 e. The van der Waals surface area contributed by atoms with Crippen LogP contribution in [-0.2, 0) is 4.74 Å². The average Bonchev–Trinajstić information content (AvgIpc) is 2.33. The van der Waals surface area contributed by atoms with Crippen molar-refractivity contribution in [1.82, 2.24) is 9.97 Å². The standard InChI is InChI=1S/C11H15FN2O3/c1-4-5-6-17-10-8(12)7(2)13-9(14-10)11(15)16-3/h4-6H2,1-3H3. The van der Waals surface area contributed by atoms with Crippen LogP contribution in [0.15, 0.2) is 0 Å². The molecule has 0 aliphatic heterocycles. The molecule has 0 aliphatic carbocycles. The van der Waals surface area contributed by atoms with Crippen molar-refractivity contribution >= 4 is 5.97 Å². The zero-order chi connectivity index (χ0) is 12.8.